The van der Waals surface area contributed by atoms with Gasteiger partial charge in [-0.1, -0.05) is 6.07 Å². The number of anilines is 1. The van der Waals surface area contributed by atoms with Gasteiger partial charge in [-0.25, -0.2) is 4.98 Å². The van der Waals surface area contributed by atoms with Crippen LogP contribution in [-0.4, -0.2) is 29.3 Å². The number of imidazole rings is 1. The third kappa shape index (κ3) is 3.34. The Labute approximate surface area is 108 Å². The van der Waals surface area contributed by atoms with Gasteiger partial charge in [-0.2, -0.15) is 0 Å². The van der Waals surface area contributed by atoms with Crippen molar-refractivity contribution in [1.29, 1.82) is 0 Å². The van der Waals surface area contributed by atoms with Crippen LogP contribution in [0.4, 0.5) is 5.69 Å². The summed E-state index contributed by atoms with van der Waals surface area (Å²) in [6, 6.07) is 8.69. The average molecular weight is 245 g/mol. The van der Waals surface area contributed by atoms with Gasteiger partial charge in [0.15, 0.2) is 0 Å². The number of aromatic nitrogens is 2. The Hall–Kier alpha value is -1.81. The maximum Gasteiger partial charge on any atom is 0.0991 e. The normalized spacial score (nSPS) is 12.3. The lowest BCUT2D eigenvalue weighted by atomic mass is 10.2. The Balaban J connectivity index is 2.03. The van der Waals surface area contributed by atoms with Crippen LogP contribution in [0.5, 0.6) is 0 Å². The van der Waals surface area contributed by atoms with Gasteiger partial charge in [0.2, 0.25) is 0 Å². The SMILES string of the molecule is COCCC(C)Nc1cccc(-n2ccnc2)c1. The molecule has 0 aliphatic carbocycles. The molecule has 1 N–H and O–H groups in total. The largest absolute Gasteiger partial charge is 0.385 e. The van der Waals surface area contributed by atoms with Crippen LogP contribution in [0.3, 0.4) is 0 Å². The third-order valence-electron chi connectivity index (χ3n) is 2.82. The number of benzene rings is 1. The highest BCUT2D eigenvalue weighted by atomic mass is 16.5. The van der Waals surface area contributed by atoms with Gasteiger partial charge in [0.25, 0.3) is 0 Å². The predicted molar refractivity (Wildman–Crippen MR) is 73.1 cm³/mol. The summed E-state index contributed by atoms with van der Waals surface area (Å²) in [5.41, 5.74) is 2.22. The molecule has 4 nitrogen and oxygen atoms in total. The van der Waals surface area contributed by atoms with Gasteiger partial charge < -0.3 is 14.6 Å². The van der Waals surface area contributed by atoms with Crippen LogP contribution in [0.1, 0.15) is 13.3 Å². The van der Waals surface area contributed by atoms with Crippen molar-refractivity contribution in [3.05, 3.63) is 43.0 Å². The molecular weight excluding hydrogens is 226 g/mol. The summed E-state index contributed by atoms with van der Waals surface area (Å²) in [5.74, 6) is 0. The summed E-state index contributed by atoms with van der Waals surface area (Å²) in [5, 5.41) is 3.47. The Kier molecular flexibility index (Phi) is 4.36. The van der Waals surface area contributed by atoms with Gasteiger partial charge in [-0.3, -0.25) is 0 Å². The van der Waals surface area contributed by atoms with Crippen molar-refractivity contribution in [2.75, 3.05) is 19.0 Å². The zero-order valence-electron chi connectivity index (χ0n) is 10.8. The maximum absolute atomic E-state index is 5.08. The van der Waals surface area contributed by atoms with Gasteiger partial charge in [0.1, 0.15) is 0 Å². The zero-order chi connectivity index (χ0) is 12.8. The molecule has 0 aliphatic heterocycles. The molecule has 2 aromatic rings. The van der Waals surface area contributed by atoms with E-state index in [0.717, 1.165) is 24.4 Å². The van der Waals surface area contributed by atoms with Crippen LogP contribution in [0.2, 0.25) is 0 Å². The Morgan fingerprint density at radius 2 is 2.33 bits per heavy atom. The van der Waals surface area contributed by atoms with Crippen molar-refractivity contribution < 1.29 is 4.74 Å². The molecule has 0 aliphatic rings. The van der Waals surface area contributed by atoms with E-state index in [0.29, 0.717) is 6.04 Å². The van der Waals surface area contributed by atoms with Crippen molar-refractivity contribution in [2.45, 2.75) is 19.4 Å². The van der Waals surface area contributed by atoms with E-state index in [-0.39, 0.29) is 0 Å². The van der Waals surface area contributed by atoms with E-state index in [1.807, 2.05) is 16.8 Å². The molecule has 1 heterocycles. The van der Waals surface area contributed by atoms with Crippen LogP contribution in [0.25, 0.3) is 5.69 Å². The van der Waals surface area contributed by atoms with E-state index in [4.69, 9.17) is 4.74 Å². The molecule has 0 radical (unpaired) electrons. The number of nitrogens with one attached hydrogen (secondary N) is 1. The second kappa shape index (κ2) is 6.21. The second-order valence-electron chi connectivity index (χ2n) is 4.35. The minimum Gasteiger partial charge on any atom is -0.385 e. The molecule has 0 fully saturated rings. The first-order chi connectivity index (χ1) is 8.79. The van der Waals surface area contributed by atoms with Crippen molar-refractivity contribution in [2.24, 2.45) is 0 Å². The van der Waals surface area contributed by atoms with Crippen LogP contribution in [-0.2, 0) is 4.74 Å². The average Bonchev–Trinajstić information content (AvgIpc) is 2.90. The van der Waals surface area contributed by atoms with Gasteiger partial charge in [0, 0.05) is 43.5 Å². The summed E-state index contributed by atoms with van der Waals surface area (Å²) in [6.07, 6.45) is 6.51. The third-order valence-corrected chi connectivity index (χ3v) is 2.82. The fourth-order valence-corrected chi connectivity index (χ4v) is 1.82. The minimum absolute atomic E-state index is 0.392. The van der Waals surface area contributed by atoms with Crippen LogP contribution in [0.15, 0.2) is 43.0 Å². The topological polar surface area (TPSA) is 39.1 Å². The number of hydrogen-bond donors (Lipinski definition) is 1. The summed E-state index contributed by atoms with van der Waals surface area (Å²) < 4.78 is 7.07. The van der Waals surface area contributed by atoms with Crippen molar-refractivity contribution in [3.63, 3.8) is 0 Å². The molecule has 4 heteroatoms. The van der Waals surface area contributed by atoms with Crippen molar-refractivity contribution >= 4 is 5.69 Å². The molecule has 0 saturated heterocycles. The monoisotopic (exact) mass is 245 g/mol. The standard InChI is InChI=1S/C14H19N3O/c1-12(6-9-18-2)16-13-4-3-5-14(10-13)17-8-7-15-11-17/h3-5,7-8,10-12,16H,6,9H2,1-2H3. The fourth-order valence-electron chi connectivity index (χ4n) is 1.82. The highest BCUT2D eigenvalue weighted by Gasteiger charge is 2.03. The van der Waals surface area contributed by atoms with E-state index in [1.165, 1.54) is 0 Å². The molecule has 1 unspecified atom stereocenters. The van der Waals surface area contributed by atoms with Crippen LogP contribution < -0.4 is 5.32 Å². The molecule has 1 aromatic heterocycles. The molecule has 0 spiro atoms. The predicted octanol–water partition coefficient (Wildman–Crippen LogP) is 2.71. The Bertz CT molecular complexity index is 468. The van der Waals surface area contributed by atoms with E-state index in [2.05, 4.69) is 35.4 Å². The van der Waals surface area contributed by atoms with E-state index >= 15 is 0 Å². The lowest BCUT2D eigenvalue weighted by Crippen LogP contribution is -2.17. The number of ether oxygens (including phenoxy) is 1. The minimum atomic E-state index is 0.392. The zero-order valence-corrected chi connectivity index (χ0v) is 10.8. The summed E-state index contributed by atoms with van der Waals surface area (Å²) >= 11 is 0. The number of rotatable bonds is 6. The Morgan fingerprint density at radius 3 is 3.06 bits per heavy atom. The molecule has 1 aromatic carbocycles. The van der Waals surface area contributed by atoms with Gasteiger partial charge in [-0.05, 0) is 31.5 Å². The van der Waals surface area contributed by atoms with Crippen molar-refractivity contribution in [3.8, 4) is 5.69 Å². The highest BCUT2D eigenvalue weighted by molar-refractivity contribution is 5.51. The molecule has 0 amide bonds. The first kappa shape index (κ1) is 12.6. The molecule has 96 valence electrons. The molecular formula is C14H19N3O. The van der Waals surface area contributed by atoms with Gasteiger partial charge in [-0.15, -0.1) is 0 Å². The second-order valence-corrected chi connectivity index (χ2v) is 4.35. The lowest BCUT2D eigenvalue weighted by Gasteiger charge is -2.15. The van der Waals surface area contributed by atoms with Crippen LogP contribution >= 0.6 is 0 Å². The molecule has 0 bridgehead atoms. The first-order valence-electron chi connectivity index (χ1n) is 6.13. The number of methoxy groups -OCH3 is 1. The number of hydrogen-bond acceptors (Lipinski definition) is 3. The highest BCUT2D eigenvalue weighted by Crippen LogP contribution is 2.15. The molecule has 1 atom stereocenters. The summed E-state index contributed by atoms with van der Waals surface area (Å²) in [7, 11) is 1.73. The van der Waals surface area contributed by atoms with Gasteiger partial charge in [0.05, 0.1) is 6.33 Å². The molecule has 18 heavy (non-hydrogen) atoms. The summed E-state index contributed by atoms with van der Waals surface area (Å²) in [4.78, 5) is 4.06. The smallest absolute Gasteiger partial charge is 0.0991 e. The molecule has 2 rings (SSSR count). The molecule has 0 saturated carbocycles. The van der Waals surface area contributed by atoms with E-state index < -0.39 is 0 Å². The quantitative estimate of drug-likeness (QED) is 0.850. The summed E-state index contributed by atoms with van der Waals surface area (Å²) in [6.45, 7) is 2.93. The maximum atomic E-state index is 5.08. The fraction of sp³-hybridized carbons (Fsp3) is 0.357. The van der Waals surface area contributed by atoms with E-state index in [9.17, 15) is 0 Å². The number of nitrogens with zero attached hydrogens (tertiary/aromatic N) is 2. The Morgan fingerprint density at radius 1 is 1.44 bits per heavy atom. The van der Waals surface area contributed by atoms with E-state index in [1.54, 1.807) is 19.6 Å². The lowest BCUT2D eigenvalue weighted by molar-refractivity contribution is 0.191. The first-order valence-corrected chi connectivity index (χ1v) is 6.13. The van der Waals surface area contributed by atoms with Gasteiger partial charge >= 0.3 is 0 Å². The van der Waals surface area contributed by atoms with Crippen molar-refractivity contribution in [1.82, 2.24) is 9.55 Å². The van der Waals surface area contributed by atoms with Crippen LogP contribution in [0, 0.1) is 0 Å².